The minimum atomic E-state index is 0.194. The minimum absolute atomic E-state index is 0.194. The van der Waals surface area contributed by atoms with Crippen molar-refractivity contribution in [3.05, 3.63) is 33.8 Å². The van der Waals surface area contributed by atoms with Crippen LogP contribution in [-0.2, 0) is 6.54 Å². The van der Waals surface area contributed by atoms with Gasteiger partial charge in [0.25, 0.3) is 5.91 Å². The molecule has 1 amide bonds. The van der Waals surface area contributed by atoms with Crippen molar-refractivity contribution in [2.45, 2.75) is 32.4 Å². The summed E-state index contributed by atoms with van der Waals surface area (Å²) < 4.78 is 0.984. The first kappa shape index (κ1) is 13.1. The zero-order valence-electron chi connectivity index (χ0n) is 11.2. The van der Waals surface area contributed by atoms with Crippen molar-refractivity contribution in [3.8, 4) is 0 Å². The Morgan fingerprint density at radius 3 is 3.05 bits per heavy atom. The molecule has 2 heterocycles. The standard InChI is InChI=1S/C15H19BrN2O/c1-2-17-7-3-4-13(17)10-18-9-11-5-6-12(16)8-14(11)15(18)19/h5-6,8,13H,2-4,7,9-10H2,1H3/t13-/m1/s1. The van der Waals surface area contributed by atoms with Crippen molar-refractivity contribution in [2.24, 2.45) is 0 Å². The zero-order chi connectivity index (χ0) is 13.4. The van der Waals surface area contributed by atoms with Crippen LogP contribution in [-0.4, -0.2) is 41.4 Å². The second-order valence-electron chi connectivity index (χ2n) is 5.41. The minimum Gasteiger partial charge on any atom is -0.333 e. The molecule has 2 aliphatic rings. The summed E-state index contributed by atoms with van der Waals surface area (Å²) in [6.45, 7) is 6.12. The predicted molar refractivity (Wildman–Crippen MR) is 79.2 cm³/mol. The Kier molecular flexibility index (Phi) is 3.63. The Morgan fingerprint density at radius 1 is 1.42 bits per heavy atom. The van der Waals surface area contributed by atoms with Gasteiger partial charge in [-0.1, -0.05) is 28.9 Å². The van der Waals surface area contributed by atoms with Crippen LogP contribution in [0.1, 0.15) is 35.7 Å². The lowest BCUT2D eigenvalue weighted by Crippen LogP contribution is -2.40. The van der Waals surface area contributed by atoms with Gasteiger partial charge in [0, 0.05) is 29.2 Å². The van der Waals surface area contributed by atoms with Gasteiger partial charge in [0.2, 0.25) is 0 Å². The summed E-state index contributed by atoms with van der Waals surface area (Å²) in [6, 6.07) is 6.57. The summed E-state index contributed by atoms with van der Waals surface area (Å²) in [6.07, 6.45) is 2.48. The maximum atomic E-state index is 12.4. The molecule has 102 valence electrons. The van der Waals surface area contributed by atoms with E-state index >= 15 is 0 Å². The average molecular weight is 323 g/mol. The number of amides is 1. The molecule has 2 aliphatic heterocycles. The van der Waals surface area contributed by atoms with Crippen LogP contribution in [0.25, 0.3) is 0 Å². The van der Waals surface area contributed by atoms with Crippen molar-refractivity contribution >= 4 is 21.8 Å². The van der Waals surface area contributed by atoms with Crippen LogP contribution in [0.5, 0.6) is 0 Å². The van der Waals surface area contributed by atoms with Crippen LogP contribution in [0.15, 0.2) is 22.7 Å². The number of halogens is 1. The highest BCUT2D eigenvalue weighted by molar-refractivity contribution is 9.10. The highest BCUT2D eigenvalue weighted by Gasteiger charge is 2.32. The zero-order valence-corrected chi connectivity index (χ0v) is 12.8. The Bertz CT molecular complexity index is 503. The lowest BCUT2D eigenvalue weighted by atomic mass is 10.1. The van der Waals surface area contributed by atoms with Gasteiger partial charge in [0.1, 0.15) is 0 Å². The van der Waals surface area contributed by atoms with Crippen molar-refractivity contribution in [1.82, 2.24) is 9.80 Å². The molecule has 0 radical (unpaired) electrons. The van der Waals surface area contributed by atoms with Crippen molar-refractivity contribution in [2.75, 3.05) is 19.6 Å². The van der Waals surface area contributed by atoms with E-state index < -0.39 is 0 Å². The summed E-state index contributed by atoms with van der Waals surface area (Å²) in [5.74, 6) is 0.194. The molecular weight excluding hydrogens is 304 g/mol. The van der Waals surface area contributed by atoms with E-state index in [4.69, 9.17) is 0 Å². The van der Waals surface area contributed by atoms with E-state index in [0.717, 1.165) is 35.2 Å². The number of likely N-dealkylation sites (N-methyl/N-ethyl adjacent to an activating group) is 1. The number of carbonyl (C=O) groups is 1. The fraction of sp³-hybridized carbons (Fsp3) is 0.533. The normalized spacial score (nSPS) is 23.2. The first-order valence-corrected chi connectivity index (χ1v) is 7.80. The van der Waals surface area contributed by atoms with Crippen LogP contribution in [0, 0.1) is 0 Å². The van der Waals surface area contributed by atoms with E-state index in [1.807, 2.05) is 17.0 Å². The first-order valence-electron chi connectivity index (χ1n) is 7.01. The maximum absolute atomic E-state index is 12.4. The number of hydrogen-bond acceptors (Lipinski definition) is 2. The van der Waals surface area contributed by atoms with Gasteiger partial charge < -0.3 is 4.90 Å². The third kappa shape index (κ3) is 2.43. The van der Waals surface area contributed by atoms with Crippen LogP contribution < -0.4 is 0 Å². The van der Waals surface area contributed by atoms with Crippen LogP contribution in [0.3, 0.4) is 0 Å². The maximum Gasteiger partial charge on any atom is 0.254 e. The van der Waals surface area contributed by atoms with Gasteiger partial charge in [-0.25, -0.2) is 0 Å². The molecule has 3 rings (SSSR count). The van der Waals surface area contributed by atoms with Crippen LogP contribution in [0.4, 0.5) is 0 Å². The van der Waals surface area contributed by atoms with Crippen molar-refractivity contribution in [3.63, 3.8) is 0 Å². The molecule has 0 aliphatic carbocycles. The molecule has 19 heavy (non-hydrogen) atoms. The second kappa shape index (κ2) is 5.25. The van der Waals surface area contributed by atoms with Gasteiger partial charge in [-0.05, 0) is 43.6 Å². The molecule has 1 aromatic rings. The SMILES string of the molecule is CCN1CCC[C@@H]1CN1Cc2ccc(Br)cc2C1=O. The highest BCUT2D eigenvalue weighted by Crippen LogP contribution is 2.27. The largest absolute Gasteiger partial charge is 0.333 e. The molecule has 1 aromatic carbocycles. The summed E-state index contributed by atoms with van der Waals surface area (Å²) in [4.78, 5) is 16.9. The summed E-state index contributed by atoms with van der Waals surface area (Å²) >= 11 is 3.44. The number of rotatable bonds is 3. The Hall–Kier alpha value is -0.870. The molecule has 0 bridgehead atoms. The van der Waals surface area contributed by atoms with Gasteiger partial charge in [-0.15, -0.1) is 0 Å². The van der Waals surface area contributed by atoms with Crippen molar-refractivity contribution in [1.29, 1.82) is 0 Å². The van der Waals surface area contributed by atoms with E-state index in [0.29, 0.717) is 6.04 Å². The molecule has 4 heteroatoms. The van der Waals surface area contributed by atoms with E-state index in [-0.39, 0.29) is 5.91 Å². The predicted octanol–water partition coefficient (Wildman–Crippen LogP) is 2.89. The summed E-state index contributed by atoms with van der Waals surface area (Å²) in [5.41, 5.74) is 2.03. The Labute approximate surface area is 122 Å². The van der Waals surface area contributed by atoms with Gasteiger partial charge in [0.15, 0.2) is 0 Å². The first-order chi connectivity index (χ1) is 9.19. The highest BCUT2D eigenvalue weighted by atomic mass is 79.9. The van der Waals surface area contributed by atoms with E-state index in [1.165, 1.54) is 19.4 Å². The molecule has 1 atom stereocenters. The molecule has 3 nitrogen and oxygen atoms in total. The molecule has 0 aromatic heterocycles. The smallest absolute Gasteiger partial charge is 0.254 e. The molecule has 0 saturated carbocycles. The average Bonchev–Trinajstić information content (AvgIpc) is 2.97. The number of fused-ring (bicyclic) bond motifs is 1. The van der Waals surface area contributed by atoms with E-state index in [9.17, 15) is 4.79 Å². The number of benzene rings is 1. The number of hydrogen-bond donors (Lipinski definition) is 0. The van der Waals surface area contributed by atoms with Crippen LogP contribution in [0.2, 0.25) is 0 Å². The lowest BCUT2D eigenvalue weighted by Gasteiger charge is -2.27. The second-order valence-corrected chi connectivity index (χ2v) is 6.33. The quantitative estimate of drug-likeness (QED) is 0.854. The fourth-order valence-corrected chi connectivity index (χ4v) is 3.61. The third-order valence-electron chi connectivity index (χ3n) is 4.29. The number of carbonyl (C=O) groups excluding carboxylic acids is 1. The van der Waals surface area contributed by atoms with Crippen LogP contribution >= 0.6 is 15.9 Å². The molecule has 0 spiro atoms. The Morgan fingerprint density at radius 2 is 2.26 bits per heavy atom. The fourth-order valence-electron chi connectivity index (χ4n) is 3.25. The molecule has 0 N–H and O–H groups in total. The van der Waals surface area contributed by atoms with E-state index in [2.05, 4.69) is 33.8 Å². The number of likely N-dealkylation sites (tertiary alicyclic amines) is 1. The molecule has 0 unspecified atom stereocenters. The monoisotopic (exact) mass is 322 g/mol. The molecule has 1 saturated heterocycles. The van der Waals surface area contributed by atoms with E-state index in [1.54, 1.807) is 0 Å². The van der Waals surface area contributed by atoms with Gasteiger partial charge in [-0.3, -0.25) is 9.69 Å². The van der Waals surface area contributed by atoms with Gasteiger partial charge in [-0.2, -0.15) is 0 Å². The van der Waals surface area contributed by atoms with Gasteiger partial charge >= 0.3 is 0 Å². The topological polar surface area (TPSA) is 23.6 Å². The molecular formula is C15H19BrN2O. The number of nitrogens with zero attached hydrogens (tertiary/aromatic N) is 2. The Balaban J connectivity index is 1.73. The van der Waals surface area contributed by atoms with Crippen molar-refractivity contribution < 1.29 is 4.79 Å². The van der Waals surface area contributed by atoms with Gasteiger partial charge in [0.05, 0.1) is 0 Å². The molecule has 1 fully saturated rings. The summed E-state index contributed by atoms with van der Waals surface area (Å²) in [7, 11) is 0. The summed E-state index contributed by atoms with van der Waals surface area (Å²) in [5, 5.41) is 0. The third-order valence-corrected chi connectivity index (χ3v) is 4.78. The lowest BCUT2D eigenvalue weighted by molar-refractivity contribution is 0.0731.